The zero-order valence-electron chi connectivity index (χ0n) is 10.1. The third kappa shape index (κ3) is 2.76. The summed E-state index contributed by atoms with van der Waals surface area (Å²) in [6.45, 7) is 4.39. The van der Waals surface area contributed by atoms with Crippen LogP contribution in [0.1, 0.15) is 38.2 Å². The van der Waals surface area contributed by atoms with Gasteiger partial charge >= 0.3 is 0 Å². The summed E-state index contributed by atoms with van der Waals surface area (Å²) < 4.78 is 0. The Morgan fingerprint density at radius 1 is 1.25 bits per heavy atom. The van der Waals surface area contributed by atoms with Gasteiger partial charge in [-0.2, -0.15) is 0 Å². The second kappa shape index (κ2) is 4.88. The van der Waals surface area contributed by atoms with E-state index in [9.17, 15) is 0 Å². The van der Waals surface area contributed by atoms with Crippen LogP contribution in [-0.2, 0) is 6.54 Å². The molecule has 0 radical (unpaired) electrons. The fraction of sp³-hybridized carbons (Fsp3) is 0.571. The first-order valence-electron chi connectivity index (χ1n) is 6.24. The topological polar surface area (TPSA) is 38.0 Å². The van der Waals surface area contributed by atoms with Gasteiger partial charge in [-0.3, -0.25) is 0 Å². The molecule has 1 fully saturated rings. The van der Waals surface area contributed by atoms with Gasteiger partial charge in [-0.1, -0.05) is 38.0 Å². The maximum Gasteiger partial charge on any atom is 0.0359 e. The number of benzene rings is 1. The number of anilines is 1. The number of nitrogens with two attached hydrogens (primary N) is 1. The van der Waals surface area contributed by atoms with Crippen molar-refractivity contribution in [2.75, 3.05) is 12.3 Å². The predicted octanol–water partition coefficient (Wildman–Crippen LogP) is 2.94. The molecule has 2 rings (SSSR count). The Labute approximate surface area is 98.2 Å². The molecule has 0 heterocycles. The molecule has 88 valence electrons. The van der Waals surface area contributed by atoms with Gasteiger partial charge in [-0.25, -0.2) is 0 Å². The first kappa shape index (κ1) is 11.5. The number of rotatable bonds is 4. The molecule has 1 saturated carbocycles. The highest BCUT2D eigenvalue weighted by molar-refractivity contribution is 5.46. The largest absolute Gasteiger partial charge is 0.398 e. The van der Waals surface area contributed by atoms with Gasteiger partial charge in [-0.05, 0) is 29.9 Å². The molecule has 0 atom stereocenters. The lowest BCUT2D eigenvalue weighted by Crippen LogP contribution is -2.29. The van der Waals surface area contributed by atoms with Crippen molar-refractivity contribution < 1.29 is 0 Å². The zero-order chi connectivity index (χ0) is 11.4. The Kier molecular flexibility index (Phi) is 3.49. The van der Waals surface area contributed by atoms with Crippen molar-refractivity contribution >= 4 is 5.69 Å². The highest BCUT2D eigenvalue weighted by atomic mass is 14.9. The number of nitrogen functional groups attached to an aromatic ring is 1. The Morgan fingerprint density at radius 3 is 2.62 bits per heavy atom. The van der Waals surface area contributed by atoms with Crippen molar-refractivity contribution in [3.8, 4) is 0 Å². The molecule has 1 aromatic carbocycles. The van der Waals surface area contributed by atoms with Gasteiger partial charge in [0.2, 0.25) is 0 Å². The molecule has 0 aromatic heterocycles. The van der Waals surface area contributed by atoms with Gasteiger partial charge in [0.15, 0.2) is 0 Å². The van der Waals surface area contributed by atoms with Crippen molar-refractivity contribution in [1.82, 2.24) is 5.32 Å². The SMILES string of the molecule is CC1(CNCc2ccccc2N)CCCC1. The van der Waals surface area contributed by atoms with Gasteiger partial charge in [0.05, 0.1) is 0 Å². The molecule has 0 spiro atoms. The number of para-hydroxylation sites is 1. The van der Waals surface area contributed by atoms with Crippen molar-refractivity contribution in [1.29, 1.82) is 0 Å². The van der Waals surface area contributed by atoms with Crippen molar-refractivity contribution in [2.24, 2.45) is 5.41 Å². The van der Waals surface area contributed by atoms with Gasteiger partial charge in [-0.15, -0.1) is 0 Å². The quantitative estimate of drug-likeness (QED) is 0.763. The standard InChI is InChI=1S/C14H22N2/c1-14(8-4-5-9-14)11-16-10-12-6-2-3-7-13(12)15/h2-3,6-7,16H,4-5,8-11,15H2,1H3. The van der Waals surface area contributed by atoms with E-state index in [1.54, 1.807) is 0 Å². The fourth-order valence-corrected chi connectivity index (χ4v) is 2.60. The van der Waals surface area contributed by atoms with E-state index in [2.05, 4.69) is 18.3 Å². The van der Waals surface area contributed by atoms with Crippen LogP contribution in [0.3, 0.4) is 0 Å². The summed E-state index contributed by atoms with van der Waals surface area (Å²) in [5.41, 5.74) is 8.53. The molecule has 1 aliphatic rings. The van der Waals surface area contributed by atoms with Gasteiger partial charge in [0.25, 0.3) is 0 Å². The summed E-state index contributed by atoms with van der Waals surface area (Å²) in [7, 11) is 0. The van der Waals surface area contributed by atoms with Gasteiger partial charge in [0, 0.05) is 18.8 Å². The number of hydrogen-bond donors (Lipinski definition) is 2. The lowest BCUT2D eigenvalue weighted by molar-refractivity contribution is 0.315. The zero-order valence-corrected chi connectivity index (χ0v) is 10.1. The highest BCUT2D eigenvalue weighted by Gasteiger charge is 2.27. The van der Waals surface area contributed by atoms with Crippen LogP contribution < -0.4 is 11.1 Å². The van der Waals surface area contributed by atoms with E-state index in [1.165, 1.54) is 31.2 Å². The lowest BCUT2D eigenvalue weighted by atomic mass is 9.89. The maximum absolute atomic E-state index is 5.91. The van der Waals surface area contributed by atoms with Crippen LogP contribution in [0.2, 0.25) is 0 Å². The summed E-state index contributed by atoms with van der Waals surface area (Å²) in [4.78, 5) is 0. The molecule has 0 bridgehead atoms. The maximum atomic E-state index is 5.91. The Morgan fingerprint density at radius 2 is 1.94 bits per heavy atom. The van der Waals surface area contributed by atoms with Crippen molar-refractivity contribution in [3.63, 3.8) is 0 Å². The van der Waals surface area contributed by atoms with Crippen LogP contribution in [0, 0.1) is 5.41 Å². The average Bonchev–Trinajstić information content (AvgIpc) is 2.68. The molecule has 2 heteroatoms. The molecule has 0 saturated heterocycles. The van der Waals surface area contributed by atoms with Crippen LogP contribution >= 0.6 is 0 Å². The minimum atomic E-state index is 0.517. The minimum Gasteiger partial charge on any atom is -0.398 e. The average molecular weight is 218 g/mol. The molecule has 0 unspecified atom stereocenters. The van der Waals surface area contributed by atoms with E-state index in [-0.39, 0.29) is 0 Å². The predicted molar refractivity (Wildman–Crippen MR) is 69.1 cm³/mol. The molecule has 0 amide bonds. The molecule has 1 aromatic rings. The van der Waals surface area contributed by atoms with E-state index in [4.69, 9.17) is 5.73 Å². The molecule has 0 aliphatic heterocycles. The lowest BCUT2D eigenvalue weighted by Gasteiger charge is -2.24. The van der Waals surface area contributed by atoms with E-state index < -0.39 is 0 Å². The van der Waals surface area contributed by atoms with E-state index >= 15 is 0 Å². The molecule has 2 nitrogen and oxygen atoms in total. The van der Waals surface area contributed by atoms with Crippen LogP contribution in [0.5, 0.6) is 0 Å². The van der Waals surface area contributed by atoms with Crippen LogP contribution in [-0.4, -0.2) is 6.54 Å². The van der Waals surface area contributed by atoms with Crippen LogP contribution in [0.15, 0.2) is 24.3 Å². The van der Waals surface area contributed by atoms with Gasteiger partial charge in [0.1, 0.15) is 0 Å². The molecule has 1 aliphatic carbocycles. The Hall–Kier alpha value is -1.02. The highest BCUT2D eigenvalue weighted by Crippen LogP contribution is 2.36. The van der Waals surface area contributed by atoms with Gasteiger partial charge < -0.3 is 11.1 Å². The van der Waals surface area contributed by atoms with E-state index in [1.807, 2.05) is 18.2 Å². The monoisotopic (exact) mass is 218 g/mol. The van der Waals surface area contributed by atoms with Crippen LogP contribution in [0.25, 0.3) is 0 Å². The molecular formula is C14H22N2. The van der Waals surface area contributed by atoms with Crippen LogP contribution in [0.4, 0.5) is 5.69 Å². The first-order valence-corrected chi connectivity index (χ1v) is 6.24. The second-order valence-electron chi connectivity index (χ2n) is 5.32. The van der Waals surface area contributed by atoms with Crippen molar-refractivity contribution in [3.05, 3.63) is 29.8 Å². The number of nitrogens with one attached hydrogen (secondary N) is 1. The normalized spacial score (nSPS) is 18.8. The molecule has 16 heavy (non-hydrogen) atoms. The first-order chi connectivity index (χ1) is 7.70. The Bertz CT molecular complexity index is 340. The van der Waals surface area contributed by atoms with E-state index in [0.717, 1.165) is 18.8 Å². The summed E-state index contributed by atoms with van der Waals surface area (Å²) in [6.07, 6.45) is 5.52. The fourth-order valence-electron chi connectivity index (χ4n) is 2.60. The third-order valence-corrected chi connectivity index (χ3v) is 3.73. The molecule has 3 N–H and O–H groups in total. The van der Waals surface area contributed by atoms with Crippen molar-refractivity contribution in [2.45, 2.75) is 39.2 Å². The van der Waals surface area contributed by atoms with E-state index in [0.29, 0.717) is 5.41 Å². The second-order valence-corrected chi connectivity index (χ2v) is 5.32. The summed E-state index contributed by atoms with van der Waals surface area (Å²) in [6, 6.07) is 8.09. The summed E-state index contributed by atoms with van der Waals surface area (Å²) in [5, 5.41) is 3.54. The number of hydrogen-bond acceptors (Lipinski definition) is 2. The summed E-state index contributed by atoms with van der Waals surface area (Å²) in [5.74, 6) is 0. The Balaban J connectivity index is 1.82. The third-order valence-electron chi connectivity index (χ3n) is 3.73. The minimum absolute atomic E-state index is 0.517. The summed E-state index contributed by atoms with van der Waals surface area (Å²) >= 11 is 0. The smallest absolute Gasteiger partial charge is 0.0359 e. The molecular weight excluding hydrogens is 196 g/mol.